The molecular formula is C19H22FN5O5. The van der Waals surface area contributed by atoms with E-state index in [9.17, 15) is 19.3 Å². The van der Waals surface area contributed by atoms with Crippen molar-refractivity contribution in [2.75, 3.05) is 36.5 Å². The number of para-hydroxylation sites is 1. The highest BCUT2D eigenvalue weighted by Gasteiger charge is 2.32. The third-order valence-corrected chi connectivity index (χ3v) is 4.76. The van der Waals surface area contributed by atoms with Crippen molar-refractivity contribution in [3.63, 3.8) is 0 Å². The Morgan fingerprint density at radius 3 is 2.67 bits per heavy atom. The maximum absolute atomic E-state index is 14.2. The molecule has 0 saturated carbocycles. The molecule has 0 radical (unpaired) electrons. The van der Waals surface area contributed by atoms with Crippen molar-refractivity contribution in [1.82, 2.24) is 9.97 Å². The van der Waals surface area contributed by atoms with Gasteiger partial charge in [-0.3, -0.25) is 10.1 Å². The Morgan fingerprint density at radius 2 is 2.03 bits per heavy atom. The Bertz CT molecular complexity index is 920. The summed E-state index contributed by atoms with van der Waals surface area (Å²) >= 11 is 0. The van der Waals surface area contributed by atoms with E-state index in [-0.39, 0.29) is 35.7 Å². The van der Waals surface area contributed by atoms with Gasteiger partial charge in [0.15, 0.2) is 0 Å². The largest absolute Gasteiger partial charge is 0.508 e. The van der Waals surface area contributed by atoms with Gasteiger partial charge in [-0.1, -0.05) is 12.1 Å². The lowest BCUT2D eigenvalue weighted by molar-refractivity contribution is -0.383. The van der Waals surface area contributed by atoms with E-state index >= 15 is 0 Å². The Morgan fingerprint density at radius 1 is 1.33 bits per heavy atom. The van der Waals surface area contributed by atoms with Crippen LogP contribution >= 0.6 is 0 Å². The van der Waals surface area contributed by atoms with Crippen LogP contribution < -0.4 is 9.80 Å². The predicted octanol–water partition coefficient (Wildman–Crippen LogP) is 3.43. The van der Waals surface area contributed by atoms with Crippen LogP contribution in [0.25, 0.3) is 0 Å². The number of halogens is 1. The number of nitro groups is 1. The summed E-state index contributed by atoms with van der Waals surface area (Å²) in [5.41, 5.74) is -0.153. The van der Waals surface area contributed by atoms with E-state index in [1.165, 1.54) is 36.5 Å². The fourth-order valence-corrected chi connectivity index (χ4v) is 3.31. The second-order valence-corrected chi connectivity index (χ2v) is 6.62. The van der Waals surface area contributed by atoms with Crippen LogP contribution in [-0.4, -0.2) is 53.9 Å². The van der Waals surface area contributed by atoms with Crippen molar-refractivity contribution < 1.29 is 23.6 Å². The number of piperidine rings is 1. The third kappa shape index (κ3) is 4.56. The van der Waals surface area contributed by atoms with Gasteiger partial charge in [0, 0.05) is 33.0 Å². The zero-order chi connectivity index (χ0) is 21.7. The first-order valence-electron chi connectivity index (χ1n) is 9.48. The topological polar surface area (TPSA) is 111 Å². The molecule has 0 amide bonds. The first kappa shape index (κ1) is 21.2. The summed E-state index contributed by atoms with van der Waals surface area (Å²) in [6.45, 7) is 2.70. The van der Waals surface area contributed by atoms with E-state index in [0.717, 1.165) is 0 Å². The summed E-state index contributed by atoms with van der Waals surface area (Å²) in [6, 6.07) is 5.96. The smallest absolute Gasteiger partial charge is 0.435 e. The lowest BCUT2D eigenvalue weighted by Crippen LogP contribution is -2.39. The van der Waals surface area contributed by atoms with Gasteiger partial charge in [0.2, 0.25) is 11.6 Å². The highest BCUT2D eigenvalue weighted by molar-refractivity contribution is 5.76. The summed E-state index contributed by atoms with van der Waals surface area (Å²) in [4.78, 5) is 34.0. The van der Waals surface area contributed by atoms with Gasteiger partial charge >= 0.3 is 11.8 Å². The minimum atomic E-state index is -0.724. The molecule has 10 nitrogen and oxygen atoms in total. The number of hydrogen-bond donors (Lipinski definition) is 0. The van der Waals surface area contributed by atoms with Crippen LogP contribution in [0.1, 0.15) is 19.8 Å². The second-order valence-electron chi connectivity index (χ2n) is 6.62. The molecule has 0 N–H and O–H groups in total. The Balaban J connectivity index is 1.83. The van der Waals surface area contributed by atoms with Crippen LogP contribution in [0.5, 0.6) is 0 Å². The number of benzene rings is 1. The molecule has 0 spiro atoms. The van der Waals surface area contributed by atoms with E-state index in [2.05, 4.69) is 9.97 Å². The lowest BCUT2D eigenvalue weighted by atomic mass is 10.1. The lowest BCUT2D eigenvalue weighted by Gasteiger charge is -2.32. The van der Waals surface area contributed by atoms with Crippen molar-refractivity contribution in [3.8, 4) is 0 Å². The molecular weight excluding hydrogens is 397 g/mol. The molecule has 1 aromatic heterocycles. The van der Waals surface area contributed by atoms with Gasteiger partial charge in [-0.15, -0.1) is 0 Å². The number of hydrogen-bond acceptors (Lipinski definition) is 9. The highest BCUT2D eigenvalue weighted by atomic mass is 19.1. The van der Waals surface area contributed by atoms with Crippen molar-refractivity contribution >= 4 is 29.2 Å². The molecule has 1 aliphatic rings. The fourth-order valence-electron chi connectivity index (χ4n) is 3.31. The van der Waals surface area contributed by atoms with E-state index in [1.807, 2.05) is 0 Å². The average molecular weight is 419 g/mol. The molecule has 0 unspecified atom stereocenters. The van der Waals surface area contributed by atoms with E-state index in [4.69, 9.17) is 9.47 Å². The minimum Gasteiger partial charge on any atom is -0.435 e. The molecule has 160 valence electrons. The molecule has 1 saturated heterocycles. The van der Waals surface area contributed by atoms with Gasteiger partial charge in [0.25, 0.3) is 0 Å². The van der Waals surface area contributed by atoms with Crippen LogP contribution in [0, 0.1) is 15.9 Å². The quantitative estimate of drug-likeness (QED) is 0.395. The third-order valence-electron chi connectivity index (χ3n) is 4.76. The summed E-state index contributed by atoms with van der Waals surface area (Å²) in [5.74, 6) is -0.394. The minimum absolute atomic E-state index is 0.0139. The maximum atomic E-state index is 14.2. The van der Waals surface area contributed by atoms with Gasteiger partial charge in [-0.05, 0) is 19.1 Å². The van der Waals surface area contributed by atoms with Crippen molar-refractivity contribution in [2.45, 2.75) is 25.9 Å². The normalized spacial score (nSPS) is 14.3. The zero-order valence-corrected chi connectivity index (χ0v) is 16.7. The molecule has 2 heterocycles. The van der Waals surface area contributed by atoms with Crippen molar-refractivity contribution in [3.05, 3.63) is 46.5 Å². The fraction of sp³-hybridized carbons (Fsp3) is 0.421. The van der Waals surface area contributed by atoms with E-state index in [1.54, 1.807) is 17.9 Å². The first-order valence-corrected chi connectivity index (χ1v) is 9.48. The zero-order valence-electron chi connectivity index (χ0n) is 16.7. The van der Waals surface area contributed by atoms with Crippen LogP contribution in [0.15, 0.2) is 30.6 Å². The number of carbonyl (C=O) groups is 1. The Labute approximate surface area is 172 Å². The average Bonchev–Trinajstić information content (AvgIpc) is 2.73. The standard InChI is InChI=1S/C19H22FN5O5/c1-3-29-19(26)30-13-8-10-24(11-9-13)18-16(25(27)28)17(21-12-22-18)23(2)15-7-5-4-6-14(15)20/h4-7,12-13H,3,8-11H2,1-2H3. The van der Waals surface area contributed by atoms with Crippen LogP contribution in [0.3, 0.4) is 0 Å². The second kappa shape index (κ2) is 9.33. The number of rotatable bonds is 6. The molecule has 11 heteroatoms. The predicted molar refractivity (Wildman–Crippen MR) is 106 cm³/mol. The summed E-state index contributed by atoms with van der Waals surface area (Å²) in [6.07, 6.45) is 1.10. The van der Waals surface area contributed by atoms with Gasteiger partial charge in [-0.2, -0.15) is 0 Å². The van der Waals surface area contributed by atoms with Gasteiger partial charge in [-0.25, -0.2) is 19.2 Å². The SMILES string of the molecule is CCOC(=O)OC1CCN(c2ncnc(N(C)c3ccccc3F)c2[N+](=O)[O-])CC1. The van der Waals surface area contributed by atoms with E-state index in [0.29, 0.717) is 25.9 Å². The molecule has 1 aromatic carbocycles. The van der Waals surface area contributed by atoms with Crippen molar-refractivity contribution in [1.29, 1.82) is 0 Å². The van der Waals surface area contributed by atoms with E-state index < -0.39 is 16.9 Å². The Hall–Kier alpha value is -3.50. The van der Waals surface area contributed by atoms with Crippen LogP contribution in [-0.2, 0) is 9.47 Å². The maximum Gasteiger partial charge on any atom is 0.508 e. The summed E-state index contributed by atoms with van der Waals surface area (Å²) < 4.78 is 24.2. The molecule has 3 rings (SSSR count). The summed E-state index contributed by atoms with van der Waals surface area (Å²) in [7, 11) is 1.51. The van der Waals surface area contributed by atoms with Crippen LogP contribution in [0.2, 0.25) is 0 Å². The highest BCUT2D eigenvalue weighted by Crippen LogP contribution is 2.38. The molecule has 0 atom stereocenters. The van der Waals surface area contributed by atoms with Gasteiger partial charge in [0.1, 0.15) is 18.2 Å². The monoisotopic (exact) mass is 419 g/mol. The summed E-state index contributed by atoms with van der Waals surface area (Å²) in [5, 5.41) is 11.9. The number of anilines is 3. The number of aromatic nitrogens is 2. The Kier molecular flexibility index (Phi) is 6.60. The molecule has 2 aromatic rings. The van der Waals surface area contributed by atoms with Gasteiger partial charge < -0.3 is 19.3 Å². The molecule has 0 bridgehead atoms. The first-order chi connectivity index (χ1) is 14.4. The van der Waals surface area contributed by atoms with Crippen molar-refractivity contribution in [2.24, 2.45) is 0 Å². The molecule has 1 fully saturated rings. The van der Waals surface area contributed by atoms with Gasteiger partial charge in [0.05, 0.1) is 17.2 Å². The van der Waals surface area contributed by atoms with Crippen LogP contribution in [0.4, 0.5) is 32.2 Å². The molecule has 0 aliphatic carbocycles. The number of nitrogens with zero attached hydrogens (tertiary/aromatic N) is 5. The number of carbonyl (C=O) groups excluding carboxylic acids is 1. The molecule has 1 aliphatic heterocycles. The molecule has 30 heavy (non-hydrogen) atoms. The number of ether oxygens (including phenoxy) is 2.